The van der Waals surface area contributed by atoms with Crippen LogP contribution in [0.5, 0.6) is 0 Å². The number of piperazine rings is 1. The van der Waals surface area contributed by atoms with E-state index in [1.807, 2.05) is 15.7 Å². The summed E-state index contributed by atoms with van der Waals surface area (Å²) in [4.78, 5) is 21.7. The summed E-state index contributed by atoms with van der Waals surface area (Å²) in [6.45, 7) is 13.0. The first-order valence-electron chi connectivity index (χ1n) is 29.1. The van der Waals surface area contributed by atoms with E-state index in [-0.39, 0.29) is 19.1 Å². The first-order valence-corrected chi connectivity index (χ1v) is 31.6. The monoisotopic (exact) mass is 1160 g/mol. The molecule has 1 fully saturated rings. The lowest BCUT2D eigenvalue weighted by molar-refractivity contribution is -0.144. The topological polar surface area (TPSA) is 120 Å². The fourth-order valence-corrected chi connectivity index (χ4v) is 10.2. The van der Waals surface area contributed by atoms with Gasteiger partial charge < -0.3 is 30.1 Å². The SMILES string of the molecule is C#CC#CC#CC#CC#CC#CC#CC#CC(O)CN(CCCSSCCCN1CCN(CCOC(=O)CCCN(CC(O)CCCCCCCC)CC(O)CCCCCCCC)CC1)CC(O)C#CC#CC#CC#CC#CC#CC#CC#C. The summed E-state index contributed by atoms with van der Waals surface area (Å²) in [7, 11) is 3.65. The normalized spacial score (nSPS) is 12.1. The molecule has 4 unspecified atom stereocenters. The number of aliphatic hydroxyl groups excluding tert-OH is 4. The van der Waals surface area contributed by atoms with Crippen molar-refractivity contribution in [3.63, 3.8) is 0 Å². The van der Waals surface area contributed by atoms with Gasteiger partial charge in [-0.15, -0.1) is 12.8 Å². The molecule has 0 bridgehead atoms. The van der Waals surface area contributed by atoms with Crippen LogP contribution in [-0.4, -0.2) is 167 Å². The Morgan fingerprint density at radius 2 is 0.786 bits per heavy atom. The third kappa shape index (κ3) is 50.5. The van der Waals surface area contributed by atoms with E-state index in [1.54, 1.807) is 10.8 Å². The zero-order chi connectivity index (χ0) is 60.9. The van der Waals surface area contributed by atoms with Crippen LogP contribution in [-0.2, 0) is 9.53 Å². The fourth-order valence-electron chi connectivity index (χ4n) is 8.05. The van der Waals surface area contributed by atoms with Crippen LogP contribution in [0.2, 0.25) is 0 Å². The molecule has 0 spiro atoms. The molecular formula is C72H82N4O6S2. The van der Waals surface area contributed by atoms with Crippen molar-refractivity contribution in [1.82, 2.24) is 19.6 Å². The van der Waals surface area contributed by atoms with Gasteiger partial charge in [0.2, 0.25) is 0 Å². The average molecular weight is 1160 g/mol. The molecule has 438 valence electrons. The molecule has 0 radical (unpaired) electrons. The van der Waals surface area contributed by atoms with Gasteiger partial charge in [0, 0.05) is 76.8 Å². The van der Waals surface area contributed by atoms with Gasteiger partial charge in [-0.3, -0.25) is 19.5 Å². The second kappa shape index (κ2) is 57.6. The van der Waals surface area contributed by atoms with Gasteiger partial charge in [0.1, 0.15) is 18.8 Å². The highest BCUT2D eigenvalue weighted by Crippen LogP contribution is 2.23. The maximum absolute atomic E-state index is 12.8. The van der Waals surface area contributed by atoms with E-state index in [1.165, 1.54) is 51.4 Å². The summed E-state index contributed by atoms with van der Waals surface area (Å²) in [5.74, 6) is 76.8. The van der Waals surface area contributed by atoms with E-state index in [2.05, 4.69) is 206 Å². The zero-order valence-corrected chi connectivity index (χ0v) is 51.1. The Hall–Kier alpha value is -7.19. The lowest BCUT2D eigenvalue weighted by Crippen LogP contribution is -2.47. The number of aliphatic hydroxyl groups is 4. The lowest BCUT2D eigenvalue weighted by Gasteiger charge is -2.34. The van der Waals surface area contributed by atoms with Crippen LogP contribution >= 0.6 is 21.6 Å². The van der Waals surface area contributed by atoms with Crippen molar-refractivity contribution >= 4 is 27.6 Å². The van der Waals surface area contributed by atoms with E-state index < -0.39 is 24.4 Å². The molecule has 4 N–H and O–H groups in total. The number of esters is 1. The first-order chi connectivity index (χ1) is 41.2. The molecule has 0 aromatic heterocycles. The lowest BCUT2D eigenvalue weighted by atomic mass is 10.1. The molecular weight excluding hydrogens is 1080 g/mol. The largest absolute Gasteiger partial charge is 0.464 e. The van der Waals surface area contributed by atoms with E-state index >= 15 is 0 Å². The zero-order valence-electron chi connectivity index (χ0n) is 49.5. The summed E-state index contributed by atoms with van der Waals surface area (Å²) in [5, 5.41) is 43.2. The van der Waals surface area contributed by atoms with Gasteiger partial charge >= 0.3 is 5.97 Å². The Balaban J connectivity index is 2.58. The third-order valence-electron chi connectivity index (χ3n) is 12.2. The molecule has 0 aromatic carbocycles. The molecule has 1 aliphatic rings. The van der Waals surface area contributed by atoms with Crippen molar-refractivity contribution < 1.29 is 30.0 Å². The van der Waals surface area contributed by atoms with Crippen molar-refractivity contribution in [1.29, 1.82) is 0 Å². The maximum Gasteiger partial charge on any atom is 0.305 e. The van der Waals surface area contributed by atoms with Gasteiger partial charge in [0.05, 0.1) is 12.2 Å². The third-order valence-corrected chi connectivity index (χ3v) is 14.8. The molecule has 1 heterocycles. The number of unbranched alkanes of at least 4 members (excludes halogenated alkanes) is 10. The van der Waals surface area contributed by atoms with Crippen LogP contribution in [0.4, 0.5) is 0 Å². The number of carbonyl (C=O) groups is 1. The van der Waals surface area contributed by atoms with Crippen LogP contribution in [0.3, 0.4) is 0 Å². The van der Waals surface area contributed by atoms with Gasteiger partial charge in [-0.25, -0.2) is 0 Å². The minimum Gasteiger partial charge on any atom is -0.464 e. The summed E-state index contributed by atoms with van der Waals surface area (Å²) in [6, 6.07) is 0. The summed E-state index contributed by atoms with van der Waals surface area (Å²) >= 11 is 0. The second-order valence-corrected chi connectivity index (χ2v) is 21.9. The van der Waals surface area contributed by atoms with Crippen LogP contribution in [0.15, 0.2) is 0 Å². The first kappa shape index (κ1) is 74.8. The number of rotatable bonds is 38. The van der Waals surface area contributed by atoms with Crippen molar-refractivity contribution in [2.24, 2.45) is 0 Å². The van der Waals surface area contributed by atoms with Gasteiger partial charge in [-0.05, 0) is 218 Å². The minimum atomic E-state index is -1.04. The van der Waals surface area contributed by atoms with E-state index in [0.29, 0.717) is 45.6 Å². The molecule has 1 aliphatic heterocycles. The van der Waals surface area contributed by atoms with Crippen LogP contribution in [0.1, 0.15) is 129 Å². The van der Waals surface area contributed by atoms with Gasteiger partial charge in [-0.1, -0.05) is 124 Å². The number of hydrogen-bond donors (Lipinski definition) is 4. The molecule has 1 rings (SSSR count). The van der Waals surface area contributed by atoms with Crippen molar-refractivity contribution in [3.8, 4) is 190 Å². The summed E-state index contributed by atoms with van der Waals surface area (Å²) in [5.41, 5.74) is 0. The number of hydrogen-bond acceptors (Lipinski definition) is 12. The second-order valence-electron chi connectivity index (χ2n) is 19.2. The molecule has 10 nitrogen and oxygen atoms in total. The Labute approximate surface area is 515 Å². The van der Waals surface area contributed by atoms with E-state index in [4.69, 9.17) is 17.6 Å². The van der Waals surface area contributed by atoms with Crippen molar-refractivity contribution in [3.05, 3.63) is 0 Å². The van der Waals surface area contributed by atoms with Gasteiger partial charge in [0.25, 0.3) is 0 Å². The van der Waals surface area contributed by atoms with Gasteiger partial charge in [-0.2, -0.15) is 0 Å². The van der Waals surface area contributed by atoms with Crippen LogP contribution in [0.25, 0.3) is 0 Å². The minimum absolute atomic E-state index is 0.164. The molecule has 12 heteroatoms. The fraction of sp³-hybridized carbons (Fsp3) is 0.542. The quantitative estimate of drug-likeness (QED) is 0.0253. The number of nitrogens with zero attached hydrogens (tertiary/aromatic N) is 4. The van der Waals surface area contributed by atoms with Crippen molar-refractivity contribution in [2.75, 3.05) is 96.6 Å². The van der Waals surface area contributed by atoms with E-state index in [0.717, 1.165) is 102 Å². The smallest absolute Gasteiger partial charge is 0.305 e. The highest BCUT2D eigenvalue weighted by Gasteiger charge is 2.19. The Bertz CT molecular complexity index is 2790. The summed E-state index contributed by atoms with van der Waals surface area (Å²) in [6.07, 6.45) is 25.7. The predicted octanol–water partition coefficient (Wildman–Crippen LogP) is 5.95. The van der Waals surface area contributed by atoms with Crippen molar-refractivity contribution in [2.45, 2.75) is 154 Å². The maximum atomic E-state index is 12.8. The molecule has 84 heavy (non-hydrogen) atoms. The standard InChI is InChI=1S/C72H82N4O6S2/c1-5-9-13-17-21-23-25-27-29-31-33-35-39-43-50-70(79)66-76(67-71(80)51-44-40-36-34-32-30-28-26-24-22-18-14-10-6-2)55-47-63-84-83-62-46-54-73-56-58-74(59-57-73)60-61-82-72(81)52-45-53-75(64-68(77)48-41-37-19-15-11-7-3)65-69(78)49-42-38-20-16-12-8-4/h1-2,68-71,77-80H,7-8,11-12,15-16,19-20,37-38,41-42,45-49,52-67H2,3-4H3. The average Bonchev–Trinajstić information content (AvgIpc) is 3.56. The Kier molecular flexibility index (Phi) is 51.3. The highest BCUT2D eigenvalue weighted by atomic mass is 33.1. The highest BCUT2D eigenvalue weighted by molar-refractivity contribution is 8.76. The molecule has 0 aliphatic carbocycles. The van der Waals surface area contributed by atoms with Crippen LogP contribution < -0.4 is 0 Å². The Morgan fingerprint density at radius 3 is 1.20 bits per heavy atom. The number of carbonyl (C=O) groups excluding carboxylic acids is 1. The molecule has 0 saturated carbocycles. The van der Waals surface area contributed by atoms with E-state index in [9.17, 15) is 25.2 Å². The molecule has 1 saturated heterocycles. The van der Waals surface area contributed by atoms with Gasteiger partial charge in [0.15, 0.2) is 0 Å². The molecule has 0 aromatic rings. The summed E-state index contributed by atoms with van der Waals surface area (Å²) < 4.78 is 5.67. The van der Waals surface area contributed by atoms with Crippen LogP contribution in [0, 0.1) is 190 Å². The molecule has 0 amide bonds. The number of terminal acetylenes is 2. The predicted molar refractivity (Wildman–Crippen MR) is 347 cm³/mol. The molecule has 4 atom stereocenters. The number of ether oxygens (including phenoxy) is 1. The Morgan fingerprint density at radius 1 is 0.440 bits per heavy atom.